The Morgan fingerprint density at radius 3 is 2.40 bits per heavy atom. The topological polar surface area (TPSA) is 95.7 Å². The monoisotopic (exact) mass is 285 g/mol. The fraction of sp³-hybridized carbons (Fsp3) is 0.692. The maximum Gasteiger partial charge on any atom is 0.330 e. The number of carbonyl (C=O) groups excluding carboxylic acids is 2. The first-order valence-corrected chi connectivity index (χ1v) is 6.47. The van der Waals surface area contributed by atoms with Gasteiger partial charge in [0.2, 0.25) is 5.54 Å². The third kappa shape index (κ3) is 4.64. The van der Waals surface area contributed by atoms with Crippen LogP contribution in [0.4, 0.5) is 0 Å². The number of carbonyl (C=O) groups is 2. The van der Waals surface area contributed by atoms with Gasteiger partial charge in [0.15, 0.2) is 0 Å². The lowest BCUT2D eigenvalue weighted by Crippen LogP contribution is -2.43. The average molecular weight is 285 g/mol. The fourth-order valence-electron chi connectivity index (χ4n) is 1.88. The standard InChI is InChI=1S/C8H13NO4.C5H6O2/c1-8(2,9(11)12)6-3-4-13-7(10)5-6;6-5-3-1-2-4-7-5/h6H,3-5H2,1-2H3;1,3H,2,4H2. The summed E-state index contributed by atoms with van der Waals surface area (Å²) in [5.74, 6) is -0.749. The first-order chi connectivity index (χ1) is 9.34. The molecule has 0 aromatic heterocycles. The molecule has 0 saturated carbocycles. The van der Waals surface area contributed by atoms with E-state index in [4.69, 9.17) is 4.74 Å². The number of nitrogens with zero attached hydrogens (tertiary/aromatic N) is 1. The summed E-state index contributed by atoms with van der Waals surface area (Å²) in [5.41, 5.74) is -1.03. The number of ether oxygens (including phenoxy) is 2. The summed E-state index contributed by atoms with van der Waals surface area (Å²) in [6, 6.07) is 0. The summed E-state index contributed by atoms with van der Waals surface area (Å²) in [5, 5.41) is 10.7. The van der Waals surface area contributed by atoms with Gasteiger partial charge in [-0.1, -0.05) is 6.08 Å². The number of esters is 2. The van der Waals surface area contributed by atoms with Crippen LogP contribution in [-0.4, -0.2) is 35.6 Å². The van der Waals surface area contributed by atoms with E-state index in [0.29, 0.717) is 19.6 Å². The van der Waals surface area contributed by atoms with Crippen LogP contribution in [0, 0.1) is 16.0 Å². The summed E-state index contributed by atoms with van der Waals surface area (Å²) < 4.78 is 9.27. The molecule has 7 heteroatoms. The molecule has 112 valence electrons. The summed E-state index contributed by atoms with van der Waals surface area (Å²) in [7, 11) is 0. The molecular formula is C13H19NO6. The second-order valence-electron chi connectivity index (χ2n) is 5.18. The van der Waals surface area contributed by atoms with E-state index in [1.807, 2.05) is 6.08 Å². The lowest BCUT2D eigenvalue weighted by Gasteiger charge is -2.28. The van der Waals surface area contributed by atoms with Crippen LogP contribution in [0.5, 0.6) is 0 Å². The highest BCUT2D eigenvalue weighted by Gasteiger charge is 2.43. The molecule has 0 bridgehead atoms. The van der Waals surface area contributed by atoms with E-state index in [2.05, 4.69) is 4.74 Å². The molecular weight excluding hydrogens is 266 g/mol. The van der Waals surface area contributed by atoms with Crippen LogP contribution in [0.15, 0.2) is 12.2 Å². The van der Waals surface area contributed by atoms with Crippen molar-refractivity contribution in [2.75, 3.05) is 13.2 Å². The van der Waals surface area contributed by atoms with Crippen molar-refractivity contribution in [3.8, 4) is 0 Å². The summed E-state index contributed by atoms with van der Waals surface area (Å²) in [4.78, 5) is 31.4. The van der Waals surface area contributed by atoms with Crippen LogP contribution in [0.2, 0.25) is 0 Å². The zero-order valence-electron chi connectivity index (χ0n) is 11.7. The van der Waals surface area contributed by atoms with Crippen LogP contribution in [0.1, 0.15) is 33.1 Å². The lowest BCUT2D eigenvalue weighted by atomic mass is 9.82. The Bertz CT molecular complexity index is 415. The number of nitro groups is 1. The maximum atomic E-state index is 10.9. The van der Waals surface area contributed by atoms with E-state index >= 15 is 0 Å². The first kappa shape index (κ1) is 16.1. The molecule has 0 N–H and O–H groups in total. The third-order valence-electron chi connectivity index (χ3n) is 3.39. The third-order valence-corrected chi connectivity index (χ3v) is 3.39. The highest BCUT2D eigenvalue weighted by atomic mass is 16.6. The highest BCUT2D eigenvalue weighted by Crippen LogP contribution is 2.29. The van der Waals surface area contributed by atoms with Gasteiger partial charge in [-0.15, -0.1) is 0 Å². The van der Waals surface area contributed by atoms with Gasteiger partial charge in [-0.25, -0.2) is 4.79 Å². The minimum Gasteiger partial charge on any atom is -0.466 e. The first-order valence-electron chi connectivity index (χ1n) is 6.47. The van der Waals surface area contributed by atoms with Gasteiger partial charge in [-0.05, 0) is 6.42 Å². The van der Waals surface area contributed by atoms with Gasteiger partial charge < -0.3 is 9.47 Å². The molecule has 0 spiro atoms. The van der Waals surface area contributed by atoms with E-state index < -0.39 is 5.54 Å². The van der Waals surface area contributed by atoms with Crippen molar-refractivity contribution in [2.24, 2.45) is 5.92 Å². The van der Waals surface area contributed by atoms with Crippen molar-refractivity contribution in [2.45, 2.75) is 38.6 Å². The van der Waals surface area contributed by atoms with Crippen LogP contribution < -0.4 is 0 Å². The number of hydrogen-bond donors (Lipinski definition) is 0. The lowest BCUT2D eigenvalue weighted by molar-refractivity contribution is -0.572. The van der Waals surface area contributed by atoms with Crippen LogP contribution >= 0.6 is 0 Å². The predicted molar refractivity (Wildman–Crippen MR) is 69.5 cm³/mol. The molecule has 1 fully saturated rings. The second kappa shape index (κ2) is 7.02. The van der Waals surface area contributed by atoms with E-state index in [1.165, 1.54) is 6.08 Å². The fourth-order valence-corrected chi connectivity index (χ4v) is 1.88. The Labute approximate surface area is 117 Å². The molecule has 7 nitrogen and oxygen atoms in total. The largest absolute Gasteiger partial charge is 0.466 e. The number of hydrogen-bond acceptors (Lipinski definition) is 6. The molecule has 0 aromatic rings. The molecule has 1 saturated heterocycles. The Morgan fingerprint density at radius 1 is 1.30 bits per heavy atom. The van der Waals surface area contributed by atoms with Crippen molar-refractivity contribution in [3.05, 3.63) is 22.3 Å². The Hall–Kier alpha value is -1.92. The van der Waals surface area contributed by atoms with Crippen molar-refractivity contribution in [3.63, 3.8) is 0 Å². The van der Waals surface area contributed by atoms with Gasteiger partial charge in [0, 0.05) is 37.2 Å². The van der Waals surface area contributed by atoms with Gasteiger partial charge in [0.05, 0.1) is 19.6 Å². The van der Waals surface area contributed by atoms with E-state index in [9.17, 15) is 19.7 Å². The molecule has 2 aliphatic heterocycles. The van der Waals surface area contributed by atoms with Gasteiger partial charge >= 0.3 is 11.9 Å². The smallest absolute Gasteiger partial charge is 0.330 e. The van der Waals surface area contributed by atoms with E-state index in [0.717, 1.165) is 6.42 Å². The molecule has 0 radical (unpaired) electrons. The minimum atomic E-state index is -1.03. The molecule has 1 atom stereocenters. The Balaban J connectivity index is 0.000000240. The molecule has 0 amide bonds. The molecule has 2 heterocycles. The van der Waals surface area contributed by atoms with Gasteiger partial charge in [-0.3, -0.25) is 14.9 Å². The van der Waals surface area contributed by atoms with Crippen LogP contribution in [0.3, 0.4) is 0 Å². The van der Waals surface area contributed by atoms with Gasteiger partial charge in [-0.2, -0.15) is 0 Å². The molecule has 0 aliphatic carbocycles. The van der Waals surface area contributed by atoms with E-state index in [1.54, 1.807) is 13.8 Å². The van der Waals surface area contributed by atoms with Crippen LogP contribution in [-0.2, 0) is 19.1 Å². The van der Waals surface area contributed by atoms with Gasteiger partial charge in [0.25, 0.3) is 0 Å². The Kier molecular flexibility index (Phi) is 5.66. The normalized spacial score (nSPS) is 22.2. The number of rotatable bonds is 2. The van der Waals surface area contributed by atoms with Crippen molar-refractivity contribution in [1.29, 1.82) is 0 Å². The van der Waals surface area contributed by atoms with E-state index in [-0.39, 0.29) is 29.2 Å². The minimum absolute atomic E-state index is 0.161. The molecule has 2 aliphatic rings. The summed E-state index contributed by atoms with van der Waals surface area (Å²) in [6.45, 7) is 3.96. The maximum absolute atomic E-state index is 10.9. The molecule has 0 aromatic carbocycles. The average Bonchev–Trinajstić information content (AvgIpc) is 2.40. The second-order valence-corrected chi connectivity index (χ2v) is 5.18. The van der Waals surface area contributed by atoms with Crippen LogP contribution in [0.25, 0.3) is 0 Å². The quantitative estimate of drug-likeness (QED) is 0.433. The molecule has 20 heavy (non-hydrogen) atoms. The molecule has 1 unspecified atom stereocenters. The highest BCUT2D eigenvalue weighted by molar-refractivity contribution is 5.82. The zero-order valence-corrected chi connectivity index (χ0v) is 11.7. The number of cyclic esters (lactones) is 2. The van der Waals surface area contributed by atoms with Crippen molar-refractivity contribution < 1.29 is 24.0 Å². The van der Waals surface area contributed by atoms with Gasteiger partial charge in [0.1, 0.15) is 0 Å². The van der Waals surface area contributed by atoms with Crippen molar-refractivity contribution in [1.82, 2.24) is 0 Å². The predicted octanol–water partition coefficient (Wildman–Crippen LogP) is 1.48. The Morgan fingerprint density at radius 2 is 2.00 bits per heavy atom. The zero-order chi connectivity index (χ0) is 15.2. The SMILES string of the molecule is CC(C)(C1CCOC(=O)C1)[N+](=O)[O-].O=C1C=CCCO1. The summed E-state index contributed by atoms with van der Waals surface area (Å²) >= 11 is 0. The summed E-state index contributed by atoms with van der Waals surface area (Å²) in [6.07, 6.45) is 4.87. The van der Waals surface area contributed by atoms with Crippen molar-refractivity contribution >= 4 is 11.9 Å². The molecule has 2 rings (SSSR count).